The van der Waals surface area contributed by atoms with Gasteiger partial charge < -0.3 is 10.1 Å². The summed E-state index contributed by atoms with van der Waals surface area (Å²) in [5, 5.41) is 2.92. The Morgan fingerprint density at radius 1 is 0.810 bits per heavy atom. The Morgan fingerprint density at radius 3 is 1.95 bits per heavy atom. The fourth-order valence-electron chi connectivity index (χ4n) is 2.44. The van der Waals surface area contributed by atoms with E-state index in [0.29, 0.717) is 19.4 Å². The zero-order valence-corrected chi connectivity index (χ0v) is 14.0. The molecule has 0 aromatic rings. The summed E-state index contributed by atoms with van der Waals surface area (Å²) in [4.78, 5) is 21.7. The van der Waals surface area contributed by atoms with Crippen molar-refractivity contribution in [3.05, 3.63) is 0 Å². The zero-order valence-electron chi connectivity index (χ0n) is 14.0. The van der Waals surface area contributed by atoms with Crippen molar-refractivity contribution >= 4 is 12.2 Å². The predicted octanol–water partition coefficient (Wildman–Crippen LogP) is 4.78. The minimum atomic E-state index is 0.167. The van der Waals surface area contributed by atoms with Gasteiger partial charge in [-0.05, 0) is 19.3 Å². The van der Waals surface area contributed by atoms with E-state index in [2.05, 4.69) is 12.2 Å². The van der Waals surface area contributed by atoms with Gasteiger partial charge in [-0.3, -0.25) is 4.79 Å². The second-order valence-corrected chi connectivity index (χ2v) is 5.94. The normalized spacial score (nSPS) is 10.5. The summed E-state index contributed by atoms with van der Waals surface area (Å²) in [5.74, 6) is 0.167. The average molecular weight is 297 g/mol. The van der Waals surface area contributed by atoms with Gasteiger partial charge in [0.05, 0.1) is 0 Å². The van der Waals surface area contributed by atoms with E-state index in [1.807, 2.05) is 0 Å². The van der Waals surface area contributed by atoms with Gasteiger partial charge in [0.15, 0.2) is 0 Å². The Kier molecular flexibility index (Phi) is 16.5. The van der Waals surface area contributed by atoms with Gasteiger partial charge in [0, 0.05) is 19.4 Å². The quantitative estimate of drug-likeness (QED) is 0.329. The second kappa shape index (κ2) is 17.2. The van der Waals surface area contributed by atoms with Gasteiger partial charge in [0.1, 0.15) is 6.29 Å². The van der Waals surface area contributed by atoms with Crippen molar-refractivity contribution in [3.8, 4) is 0 Å². The number of unbranched alkanes of at least 4 members (excludes halogenated alkanes) is 11. The molecule has 0 spiro atoms. The first kappa shape index (κ1) is 20.1. The standard InChI is InChI=1S/C18H35NO2/c1-2-3-4-5-6-7-8-9-10-12-15-18(21)19-16-13-11-14-17-20/h17H,2-16H2,1H3,(H,19,21). The fourth-order valence-corrected chi connectivity index (χ4v) is 2.44. The molecule has 0 atom stereocenters. The van der Waals surface area contributed by atoms with Crippen molar-refractivity contribution < 1.29 is 9.59 Å². The zero-order chi connectivity index (χ0) is 15.6. The van der Waals surface area contributed by atoms with Crippen molar-refractivity contribution in [2.24, 2.45) is 0 Å². The van der Waals surface area contributed by atoms with Gasteiger partial charge in [-0.2, -0.15) is 0 Å². The molecule has 0 aliphatic carbocycles. The van der Waals surface area contributed by atoms with E-state index in [0.717, 1.165) is 25.5 Å². The number of carbonyl (C=O) groups is 2. The molecule has 0 bridgehead atoms. The molecule has 0 saturated carbocycles. The highest BCUT2D eigenvalue weighted by Crippen LogP contribution is 2.11. The Morgan fingerprint density at radius 2 is 1.38 bits per heavy atom. The van der Waals surface area contributed by atoms with Gasteiger partial charge in [-0.15, -0.1) is 0 Å². The maximum absolute atomic E-state index is 11.5. The molecular weight excluding hydrogens is 262 g/mol. The smallest absolute Gasteiger partial charge is 0.219 e. The van der Waals surface area contributed by atoms with Crippen LogP contribution in [0, 0.1) is 0 Å². The summed E-state index contributed by atoms with van der Waals surface area (Å²) >= 11 is 0. The van der Waals surface area contributed by atoms with Crippen molar-refractivity contribution in [2.75, 3.05) is 6.54 Å². The van der Waals surface area contributed by atoms with Gasteiger partial charge in [0.25, 0.3) is 0 Å². The monoisotopic (exact) mass is 297 g/mol. The maximum Gasteiger partial charge on any atom is 0.219 e. The molecule has 0 unspecified atom stereocenters. The fraction of sp³-hybridized carbons (Fsp3) is 0.889. The van der Waals surface area contributed by atoms with Crippen LogP contribution < -0.4 is 5.32 Å². The van der Waals surface area contributed by atoms with E-state index in [1.54, 1.807) is 0 Å². The number of nitrogens with one attached hydrogen (secondary N) is 1. The number of rotatable bonds is 16. The van der Waals surface area contributed by atoms with Crippen LogP contribution in [0.3, 0.4) is 0 Å². The number of amides is 1. The van der Waals surface area contributed by atoms with Gasteiger partial charge in [-0.1, -0.05) is 64.7 Å². The van der Waals surface area contributed by atoms with E-state index < -0.39 is 0 Å². The van der Waals surface area contributed by atoms with Gasteiger partial charge in [0.2, 0.25) is 5.91 Å². The molecule has 0 fully saturated rings. The third-order valence-corrected chi connectivity index (χ3v) is 3.83. The Balaban J connectivity index is 3.12. The number of aldehydes is 1. The Labute approximate surface area is 131 Å². The van der Waals surface area contributed by atoms with E-state index in [1.165, 1.54) is 57.8 Å². The summed E-state index contributed by atoms with van der Waals surface area (Å²) < 4.78 is 0. The van der Waals surface area contributed by atoms with E-state index in [4.69, 9.17) is 0 Å². The van der Waals surface area contributed by atoms with Crippen LogP contribution in [0.2, 0.25) is 0 Å². The topological polar surface area (TPSA) is 46.2 Å². The van der Waals surface area contributed by atoms with Crippen LogP contribution >= 0.6 is 0 Å². The molecule has 21 heavy (non-hydrogen) atoms. The third-order valence-electron chi connectivity index (χ3n) is 3.83. The van der Waals surface area contributed by atoms with Crippen molar-refractivity contribution in [2.45, 2.75) is 96.8 Å². The highest BCUT2D eigenvalue weighted by atomic mass is 16.1. The Bertz CT molecular complexity index is 241. The second-order valence-electron chi connectivity index (χ2n) is 5.94. The molecular formula is C18H35NO2. The van der Waals surface area contributed by atoms with Crippen molar-refractivity contribution in [3.63, 3.8) is 0 Å². The van der Waals surface area contributed by atoms with Gasteiger partial charge >= 0.3 is 0 Å². The molecule has 0 aromatic carbocycles. The molecule has 0 aliphatic rings. The first-order valence-corrected chi connectivity index (χ1v) is 9.01. The van der Waals surface area contributed by atoms with E-state index in [9.17, 15) is 9.59 Å². The first-order chi connectivity index (χ1) is 10.3. The molecule has 3 heteroatoms. The summed E-state index contributed by atoms with van der Waals surface area (Å²) in [6, 6.07) is 0. The lowest BCUT2D eigenvalue weighted by Crippen LogP contribution is -2.23. The molecule has 0 aliphatic heterocycles. The Hall–Kier alpha value is -0.860. The summed E-state index contributed by atoms with van der Waals surface area (Å²) in [6.45, 7) is 2.96. The molecule has 0 heterocycles. The van der Waals surface area contributed by atoms with Crippen molar-refractivity contribution in [1.29, 1.82) is 0 Å². The molecule has 124 valence electrons. The highest BCUT2D eigenvalue weighted by molar-refractivity contribution is 5.75. The lowest BCUT2D eigenvalue weighted by Gasteiger charge is -2.05. The van der Waals surface area contributed by atoms with Crippen LogP contribution in [-0.4, -0.2) is 18.7 Å². The molecule has 0 radical (unpaired) electrons. The lowest BCUT2D eigenvalue weighted by atomic mass is 10.1. The van der Waals surface area contributed by atoms with E-state index >= 15 is 0 Å². The number of hydrogen-bond acceptors (Lipinski definition) is 2. The van der Waals surface area contributed by atoms with Crippen molar-refractivity contribution in [1.82, 2.24) is 5.32 Å². The molecule has 0 aromatic heterocycles. The summed E-state index contributed by atoms with van der Waals surface area (Å²) in [6.07, 6.45) is 17.0. The summed E-state index contributed by atoms with van der Waals surface area (Å²) in [7, 11) is 0. The van der Waals surface area contributed by atoms with Crippen LogP contribution in [0.25, 0.3) is 0 Å². The van der Waals surface area contributed by atoms with Crippen LogP contribution in [0.15, 0.2) is 0 Å². The molecule has 1 amide bonds. The molecule has 1 N–H and O–H groups in total. The van der Waals surface area contributed by atoms with Crippen LogP contribution in [0.4, 0.5) is 0 Å². The minimum absolute atomic E-state index is 0.167. The highest BCUT2D eigenvalue weighted by Gasteiger charge is 2.00. The predicted molar refractivity (Wildman–Crippen MR) is 89.4 cm³/mol. The van der Waals surface area contributed by atoms with Crippen LogP contribution in [0.1, 0.15) is 96.8 Å². The van der Waals surface area contributed by atoms with E-state index in [-0.39, 0.29) is 5.91 Å². The summed E-state index contributed by atoms with van der Waals surface area (Å²) in [5.41, 5.74) is 0. The molecule has 0 saturated heterocycles. The number of hydrogen-bond donors (Lipinski definition) is 1. The molecule has 3 nitrogen and oxygen atoms in total. The number of carbonyl (C=O) groups excluding carboxylic acids is 2. The largest absolute Gasteiger partial charge is 0.356 e. The average Bonchev–Trinajstić information content (AvgIpc) is 2.49. The third kappa shape index (κ3) is 17.1. The first-order valence-electron chi connectivity index (χ1n) is 9.01. The van der Waals surface area contributed by atoms with Crippen LogP contribution in [0.5, 0.6) is 0 Å². The minimum Gasteiger partial charge on any atom is -0.356 e. The molecule has 0 rings (SSSR count). The van der Waals surface area contributed by atoms with Gasteiger partial charge in [-0.25, -0.2) is 0 Å². The SMILES string of the molecule is CCCCCCCCCCCCC(=O)NCCCCC=O. The van der Waals surface area contributed by atoms with Crippen LogP contribution in [-0.2, 0) is 9.59 Å². The maximum atomic E-state index is 11.5. The lowest BCUT2D eigenvalue weighted by molar-refractivity contribution is -0.121.